The van der Waals surface area contributed by atoms with Gasteiger partial charge in [-0.2, -0.15) is 0 Å². The van der Waals surface area contributed by atoms with Gasteiger partial charge in [-0.25, -0.2) is 0 Å². The number of aliphatic hydroxyl groups is 1. The molecule has 2 atom stereocenters. The maximum atomic E-state index is 9.40. The fourth-order valence-electron chi connectivity index (χ4n) is 3.45. The predicted molar refractivity (Wildman–Crippen MR) is 92.8 cm³/mol. The second-order valence-corrected chi connectivity index (χ2v) is 6.22. The fourth-order valence-corrected chi connectivity index (χ4v) is 3.45. The molecular formula is C20H25NO2. The van der Waals surface area contributed by atoms with Gasteiger partial charge in [-0.05, 0) is 54.5 Å². The topological polar surface area (TPSA) is 41.5 Å². The molecule has 3 rings (SSSR count). The lowest BCUT2D eigenvalue weighted by molar-refractivity contribution is 0.255. The number of rotatable bonds is 6. The summed E-state index contributed by atoms with van der Waals surface area (Å²) in [4.78, 5) is 0. The number of hydrogen-bond donors (Lipinski definition) is 2. The zero-order valence-corrected chi connectivity index (χ0v) is 13.7. The molecule has 0 spiro atoms. The van der Waals surface area contributed by atoms with Crippen molar-refractivity contribution in [1.82, 2.24) is 5.32 Å². The van der Waals surface area contributed by atoms with Crippen molar-refractivity contribution in [3.63, 3.8) is 0 Å². The highest BCUT2D eigenvalue weighted by Gasteiger charge is 2.22. The summed E-state index contributed by atoms with van der Waals surface area (Å²) < 4.78 is 5.35. The van der Waals surface area contributed by atoms with Crippen molar-refractivity contribution >= 4 is 0 Å². The number of nitrogens with one attached hydrogen (secondary N) is 1. The molecule has 0 heterocycles. The number of hydrogen-bond acceptors (Lipinski definition) is 3. The Bertz CT molecular complexity index is 627. The second kappa shape index (κ2) is 7.62. The molecule has 0 aromatic heterocycles. The number of aliphatic hydroxyl groups excluding tert-OH is 1. The number of methoxy groups -OCH3 is 1. The first-order chi connectivity index (χ1) is 11.3. The van der Waals surface area contributed by atoms with Gasteiger partial charge in [-0.15, -0.1) is 0 Å². The van der Waals surface area contributed by atoms with Crippen LogP contribution in [0.1, 0.15) is 35.6 Å². The highest BCUT2D eigenvalue weighted by Crippen LogP contribution is 2.27. The molecule has 0 radical (unpaired) electrons. The average Bonchev–Trinajstić information content (AvgIpc) is 2.61. The van der Waals surface area contributed by atoms with Crippen LogP contribution in [0.2, 0.25) is 0 Å². The van der Waals surface area contributed by atoms with Crippen LogP contribution in [0, 0.1) is 0 Å². The van der Waals surface area contributed by atoms with Crippen LogP contribution in [-0.2, 0) is 12.8 Å². The maximum Gasteiger partial charge on any atom is 0.119 e. The van der Waals surface area contributed by atoms with Crippen molar-refractivity contribution in [2.45, 2.75) is 37.8 Å². The van der Waals surface area contributed by atoms with Gasteiger partial charge >= 0.3 is 0 Å². The zero-order valence-electron chi connectivity index (χ0n) is 13.7. The normalized spacial score (nSPS) is 18.3. The lowest BCUT2D eigenvalue weighted by Gasteiger charge is -2.30. The van der Waals surface area contributed by atoms with Gasteiger partial charge in [0.05, 0.1) is 7.11 Å². The van der Waals surface area contributed by atoms with E-state index in [1.54, 1.807) is 7.11 Å². The Kier molecular flexibility index (Phi) is 5.31. The third-order valence-electron chi connectivity index (χ3n) is 4.70. The first-order valence-electron chi connectivity index (χ1n) is 8.38. The van der Waals surface area contributed by atoms with E-state index in [4.69, 9.17) is 4.74 Å². The largest absolute Gasteiger partial charge is 0.497 e. The molecule has 0 fully saturated rings. The molecule has 0 saturated carbocycles. The van der Waals surface area contributed by atoms with E-state index < -0.39 is 0 Å². The van der Waals surface area contributed by atoms with Crippen LogP contribution in [0.5, 0.6) is 5.75 Å². The van der Waals surface area contributed by atoms with Gasteiger partial charge in [0, 0.05) is 18.7 Å². The van der Waals surface area contributed by atoms with E-state index in [2.05, 4.69) is 41.7 Å². The number of aryl methyl sites for hydroxylation is 1. The summed E-state index contributed by atoms with van der Waals surface area (Å²) in [6.45, 7) is 0.198. The number of fused-ring (bicyclic) bond motifs is 1. The number of benzene rings is 2. The summed E-state index contributed by atoms with van der Waals surface area (Å²) in [7, 11) is 1.72. The third kappa shape index (κ3) is 3.92. The molecule has 0 aliphatic heterocycles. The van der Waals surface area contributed by atoms with Crippen LogP contribution < -0.4 is 10.1 Å². The van der Waals surface area contributed by atoms with Gasteiger partial charge in [-0.3, -0.25) is 0 Å². The summed E-state index contributed by atoms with van der Waals surface area (Å²) in [6.07, 6.45) is 3.98. The van der Waals surface area contributed by atoms with E-state index in [0.717, 1.165) is 31.4 Å². The minimum Gasteiger partial charge on any atom is -0.497 e. The molecule has 23 heavy (non-hydrogen) atoms. The highest BCUT2D eigenvalue weighted by molar-refractivity contribution is 5.38. The zero-order chi connectivity index (χ0) is 16.1. The van der Waals surface area contributed by atoms with Crippen molar-refractivity contribution in [2.75, 3.05) is 13.7 Å². The summed E-state index contributed by atoms with van der Waals surface area (Å²) >= 11 is 0. The molecule has 3 nitrogen and oxygen atoms in total. The van der Waals surface area contributed by atoms with E-state index in [1.165, 1.54) is 16.7 Å². The van der Waals surface area contributed by atoms with Gasteiger partial charge in [0.1, 0.15) is 5.75 Å². The molecule has 0 saturated heterocycles. The Morgan fingerprint density at radius 2 is 2.00 bits per heavy atom. The van der Waals surface area contributed by atoms with Crippen molar-refractivity contribution < 1.29 is 9.84 Å². The molecule has 122 valence electrons. The van der Waals surface area contributed by atoms with Crippen LogP contribution >= 0.6 is 0 Å². The molecule has 2 N–H and O–H groups in total. The van der Waals surface area contributed by atoms with Crippen LogP contribution in [0.15, 0.2) is 48.5 Å². The van der Waals surface area contributed by atoms with Crippen molar-refractivity contribution in [2.24, 2.45) is 0 Å². The SMILES string of the molecule is COc1ccc2c(c1)CC(N[C@H](CCO)c1ccccc1)CC2. The number of ether oxygens (including phenoxy) is 1. The van der Waals surface area contributed by atoms with Gasteiger partial charge in [-0.1, -0.05) is 36.4 Å². The molecular weight excluding hydrogens is 286 g/mol. The standard InChI is InChI=1S/C20H25NO2/c1-23-19-10-8-15-7-9-18(13-17(15)14-19)21-20(11-12-22)16-5-3-2-4-6-16/h2-6,8,10,14,18,20-22H,7,9,11-13H2,1H3/t18?,20-/m1/s1. The fraction of sp³-hybridized carbons (Fsp3) is 0.400. The van der Waals surface area contributed by atoms with Gasteiger partial charge in [0.15, 0.2) is 0 Å². The maximum absolute atomic E-state index is 9.40. The Morgan fingerprint density at radius 1 is 1.17 bits per heavy atom. The molecule has 2 aromatic rings. The molecule has 1 unspecified atom stereocenters. The van der Waals surface area contributed by atoms with Gasteiger partial charge in [0.2, 0.25) is 0 Å². The molecule has 2 aromatic carbocycles. The molecule has 1 aliphatic carbocycles. The lowest BCUT2D eigenvalue weighted by atomic mass is 9.87. The average molecular weight is 311 g/mol. The quantitative estimate of drug-likeness (QED) is 0.860. The highest BCUT2D eigenvalue weighted by atomic mass is 16.5. The van der Waals surface area contributed by atoms with Crippen LogP contribution in [0.4, 0.5) is 0 Å². The molecule has 0 amide bonds. The summed E-state index contributed by atoms with van der Waals surface area (Å²) in [5, 5.41) is 13.1. The van der Waals surface area contributed by atoms with E-state index in [-0.39, 0.29) is 12.6 Å². The van der Waals surface area contributed by atoms with Crippen molar-refractivity contribution in [3.8, 4) is 5.75 Å². The minimum absolute atomic E-state index is 0.198. The Labute approximate surface area is 138 Å². The summed E-state index contributed by atoms with van der Waals surface area (Å²) in [5.41, 5.74) is 4.06. The van der Waals surface area contributed by atoms with Crippen molar-refractivity contribution in [1.29, 1.82) is 0 Å². The first-order valence-corrected chi connectivity index (χ1v) is 8.38. The monoisotopic (exact) mass is 311 g/mol. The predicted octanol–water partition coefficient (Wildman–Crippen LogP) is 3.27. The Balaban J connectivity index is 1.72. The molecule has 1 aliphatic rings. The summed E-state index contributed by atoms with van der Waals surface area (Å²) in [6, 6.07) is 17.4. The van der Waals surface area contributed by atoms with Crippen LogP contribution in [-0.4, -0.2) is 24.9 Å². The third-order valence-corrected chi connectivity index (χ3v) is 4.70. The van der Waals surface area contributed by atoms with Crippen molar-refractivity contribution in [3.05, 3.63) is 65.2 Å². The second-order valence-electron chi connectivity index (χ2n) is 6.22. The summed E-state index contributed by atoms with van der Waals surface area (Å²) in [5.74, 6) is 0.930. The van der Waals surface area contributed by atoms with E-state index in [9.17, 15) is 5.11 Å². The van der Waals surface area contributed by atoms with Gasteiger partial charge < -0.3 is 15.2 Å². The smallest absolute Gasteiger partial charge is 0.119 e. The first kappa shape index (κ1) is 16.0. The van der Waals surface area contributed by atoms with E-state index in [1.807, 2.05) is 12.1 Å². The van der Waals surface area contributed by atoms with Gasteiger partial charge in [0.25, 0.3) is 0 Å². The lowest BCUT2D eigenvalue weighted by Crippen LogP contribution is -2.37. The Hall–Kier alpha value is -1.84. The molecule has 0 bridgehead atoms. The van der Waals surface area contributed by atoms with E-state index in [0.29, 0.717) is 6.04 Å². The van der Waals surface area contributed by atoms with E-state index >= 15 is 0 Å². The Morgan fingerprint density at radius 3 is 2.74 bits per heavy atom. The van der Waals surface area contributed by atoms with Crippen LogP contribution in [0.25, 0.3) is 0 Å². The van der Waals surface area contributed by atoms with Crippen LogP contribution in [0.3, 0.4) is 0 Å². The minimum atomic E-state index is 0.198. The molecule has 3 heteroatoms.